The molecule has 0 unspecified atom stereocenters. The molecule has 0 aromatic heterocycles. The number of alkyl halides is 3. The van der Waals surface area contributed by atoms with Crippen LogP contribution in [0.25, 0.3) is 0 Å². The average molecular weight is 296 g/mol. The van der Waals surface area contributed by atoms with E-state index < -0.39 is 12.1 Å². The van der Waals surface area contributed by atoms with Gasteiger partial charge in [-0.15, -0.1) is 0 Å². The van der Waals surface area contributed by atoms with Crippen molar-refractivity contribution in [1.82, 2.24) is 0 Å². The number of halogens is 4. The van der Waals surface area contributed by atoms with Crippen LogP contribution in [0.5, 0.6) is 0 Å². The van der Waals surface area contributed by atoms with Crippen LogP contribution in [-0.4, -0.2) is 12.1 Å². The molecule has 16 heavy (non-hydrogen) atoms. The van der Waals surface area contributed by atoms with E-state index in [-0.39, 0.29) is 5.69 Å². The van der Waals surface area contributed by atoms with Gasteiger partial charge < -0.3 is 5.32 Å². The number of nitrogens with one attached hydrogen (secondary N) is 1. The van der Waals surface area contributed by atoms with Gasteiger partial charge in [-0.3, -0.25) is 4.79 Å². The third kappa shape index (κ3) is 3.23. The van der Waals surface area contributed by atoms with Gasteiger partial charge in [0.05, 0.1) is 0 Å². The summed E-state index contributed by atoms with van der Waals surface area (Å²) in [4.78, 5) is 10.7. The quantitative estimate of drug-likeness (QED) is 0.889. The second-order valence-electron chi connectivity index (χ2n) is 3.11. The molecule has 0 saturated carbocycles. The number of aryl methyl sites for hydroxylation is 1. The molecule has 6 heteroatoms. The molecule has 0 saturated heterocycles. The summed E-state index contributed by atoms with van der Waals surface area (Å²) in [6, 6.07) is 4.68. The maximum atomic E-state index is 12.0. The smallest absolute Gasteiger partial charge is 0.318 e. The fraction of sp³-hybridized carbons (Fsp3) is 0.300. The van der Waals surface area contributed by atoms with Crippen LogP contribution in [0.15, 0.2) is 22.7 Å². The molecular formula is C10H9BrF3NO. The van der Waals surface area contributed by atoms with Crippen LogP contribution in [0.2, 0.25) is 0 Å². The summed E-state index contributed by atoms with van der Waals surface area (Å²) < 4.78 is 36.8. The number of carbonyl (C=O) groups is 1. The number of carbonyl (C=O) groups excluding carboxylic acids is 1. The lowest BCUT2D eigenvalue weighted by molar-refractivity contribution is -0.167. The number of hydrogen-bond acceptors (Lipinski definition) is 1. The number of amides is 1. The molecule has 1 rings (SSSR count). The highest BCUT2D eigenvalue weighted by atomic mass is 79.9. The van der Waals surface area contributed by atoms with Crippen LogP contribution in [0.4, 0.5) is 18.9 Å². The Morgan fingerprint density at radius 1 is 1.44 bits per heavy atom. The lowest BCUT2D eigenvalue weighted by atomic mass is 10.1. The van der Waals surface area contributed by atoms with Crippen LogP contribution in [0, 0.1) is 0 Å². The first-order valence-corrected chi connectivity index (χ1v) is 5.30. The van der Waals surface area contributed by atoms with Gasteiger partial charge in [-0.05, 0) is 30.2 Å². The minimum atomic E-state index is -4.86. The molecule has 0 aliphatic carbocycles. The van der Waals surface area contributed by atoms with Crippen molar-refractivity contribution >= 4 is 27.5 Å². The van der Waals surface area contributed by atoms with Gasteiger partial charge in [0.25, 0.3) is 0 Å². The van der Waals surface area contributed by atoms with Gasteiger partial charge in [-0.1, -0.05) is 22.9 Å². The SMILES string of the molecule is CCc1cc(Br)ccc1NC(=O)C(F)(F)F. The fourth-order valence-electron chi connectivity index (χ4n) is 1.17. The molecule has 0 bridgehead atoms. The highest BCUT2D eigenvalue weighted by Gasteiger charge is 2.38. The average Bonchev–Trinajstić information content (AvgIpc) is 2.19. The summed E-state index contributed by atoms with van der Waals surface area (Å²) in [5.74, 6) is -1.95. The van der Waals surface area contributed by atoms with Gasteiger partial charge in [-0.25, -0.2) is 0 Å². The standard InChI is InChI=1S/C10H9BrF3NO/c1-2-6-5-7(11)3-4-8(6)15-9(16)10(12,13)14/h3-5H,2H2,1H3,(H,15,16). The van der Waals surface area contributed by atoms with Gasteiger partial charge >= 0.3 is 12.1 Å². The lowest BCUT2D eigenvalue weighted by Gasteiger charge is -2.11. The monoisotopic (exact) mass is 295 g/mol. The van der Waals surface area contributed by atoms with Crippen LogP contribution in [0.3, 0.4) is 0 Å². The molecule has 0 fully saturated rings. The molecule has 1 amide bonds. The summed E-state index contributed by atoms with van der Waals surface area (Å²) in [5, 5.41) is 1.84. The van der Waals surface area contributed by atoms with E-state index >= 15 is 0 Å². The third-order valence-corrected chi connectivity index (χ3v) is 2.45. The third-order valence-electron chi connectivity index (χ3n) is 1.95. The van der Waals surface area contributed by atoms with E-state index in [1.54, 1.807) is 19.1 Å². The molecule has 1 aromatic rings. The van der Waals surface area contributed by atoms with Crippen molar-refractivity contribution < 1.29 is 18.0 Å². The van der Waals surface area contributed by atoms with E-state index in [0.717, 1.165) is 4.47 Å². The molecule has 0 radical (unpaired) electrons. The van der Waals surface area contributed by atoms with Crippen molar-refractivity contribution in [2.75, 3.05) is 5.32 Å². The molecule has 0 atom stereocenters. The number of anilines is 1. The van der Waals surface area contributed by atoms with Gasteiger partial charge in [0, 0.05) is 10.2 Å². The number of rotatable bonds is 2. The van der Waals surface area contributed by atoms with Gasteiger partial charge in [-0.2, -0.15) is 13.2 Å². The Labute approximate surface area is 99.0 Å². The van der Waals surface area contributed by atoms with Gasteiger partial charge in [0.1, 0.15) is 0 Å². The van der Waals surface area contributed by atoms with E-state index in [4.69, 9.17) is 0 Å². The first kappa shape index (κ1) is 13.0. The van der Waals surface area contributed by atoms with Crippen LogP contribution < -0.4 is 5.32 Å². The normalized spacial score (nSPS) is 11.3. The predicted octanol–water partition coefficient (Wildman–Crippen LogP) is 3.51. The number of benzene rings is 1. The van der Waals surface area contributed by atoms with Crippen LogP contribution >= 0.6 is 15.9 Å². The van der Waals surface area contributed by atoms with Crippen molar-refractivity contribution in [2.45, 2.75) is 19.5 Å². The zero-order chi connectivity index (χ0) is 12.3. The van der Waals surface area contributed by atoms with Gasteiger partial charge in [0.15, 0.2) is 0 Å². The molecule has 1 N–H and O–H groups in total. The summed E-state index contributed by atoms with van der Waals surface area (Å²) >= 11 is 3.21. The maximum absolute atomic E-state index is 12.0. The van der Waals surface area contributed by atoms with Crippen molar-refractivity contribution in [3.05, 3.63) is 28.2 Å². The van der Waals surface area contributed by atoms with Gasteiger partial charge in [0.2, 0.25) is 0 Å². The largest absolute Gasteiger partial charge is 0.471 e. The fourth-order valence-corrected chi connectivity index (χ4v) is 1.58. The first-order chi connectivity index (χ1) is 7.34. The number of hydrogen-bond donors (Lipinski definition) is 1. The highest BCUT2D eigenvalue weighted by Crippen LogP contribution is 2.24. The summed E-state index contributed by atoms with van der Waals surface area (Å²) in [6.07, 6.45) is -4.33. The van der Waals surface area contributed by atoms with Crippen LogP contribution in [-0.2, 0) is 11.2 Å². The Morgan fingerprint density at radius 2 is 2.06 bits per heavy atom. The predicted molar refractivity (Wildman–Crippen MR) is 58.2 cm³/mol. The second kappa shape index (κ2) is 4.86. The Kier molecular flexibility index (Phi) is 3.96. The Hall–Kier alpha value is -1.04. The molecule has 0 aliphatic heterocycles. The van der Waals surface area contributed by atoms with Crippen LogP contribution in [0.1, 0.15) is 12.5 Å². The lowest BCUT2D eigenvalue weighted by Crippen LogP contribution is -2.30. The van der Waals surface area contributed by atoms with Crippen molar-refractivity contribution in [1.29, 1.82) is 0 Å². The molecule has 88 valence electrons. The Balaban J connectivity index is 2.93. The summed E-state index contributed by atoms with van der Waals surface area (Å²) in [5.41, 5.74) is 0.833. The molecular weight excluding hydrogens is 287 g/mol. The van der Waals surface area contributed by atoms with E-state index in [1.807, 2.05) is 5.32 Å². The van der Waals surface area contributed by atoms with Crippen molar-refractivity contribution in [3.8, 4) is 0 Å². The molecule has 0 heterocycles. The van der Waals surface area contributed by atoms with E-state index in [2.05, 4.69) is 15.9 Å². The second-order valence-corrected chi connectivity index (χ2v) is 4.02. The van der Waals surface area contributed by atoms with Crippen molar-refractivity contribution in [3.63, 3.8) is 0 Å². The molecule has 0 spiro atoms. The topological polar surface area (TPSA) is 29.1 Å². The van der Waals surface area contributed by atoms with E-state index in [1.165, 1.54) is 6.07 Å². The molecule has 2 nitrogen and oxygen atoms in total. The minimum absolute atomic E-state index is 0.188. The summed E-state index contributed by atoms with van der Waals surface area (Å²) in [6.45, 7) is 1.80. The zero-order valence-electron chi connectivity index (χ0n) is 8.36. The zero-order valence-corrected chi connectivity index (χ0v) is 9.95. The maximum Gasteiger partial charge on any atom is 0.471 e. The Morgan fingerprint density at radius 3 is 2.56 bits per heavy atom. The van der Waals surface area contributed by atoms with Crippen molar-refractivity contribution in [2.24, 2.45) is 0 Å². The first-order valence-electron chi connectivity index (χ1n) is 4.51. The Bertz CT molecular complexity index is 404. The highest BCUT2D eigenvalue weighted by molar-refractivity contribution is 9.10. The minimum Gasteiger partial charge on any atom is -0.318 e. The molecule has 1 aromatic carbocycles. The summed E-state index contributed by atoms with van der Waals surface area (Å²) in [7, 11) is 0. The van der Waals surface area contributed by atoms with E-state index in [9.17, 15) is 18.0 Å². The molecule has 0 aliphatic rings. The van der Waals surface area contributed by atoms with E-state index in [0.29, 0.717) is 12.0 Å².